The molecule has 1 amide bonds. The molecule has 1 aliphatic heterocycles. The van der Waals surface area contributed by atoms with Crippen LogP contribution in [0.5, 0.6) is 0 Å². The highest BCUT2D eigenvalue weighted by atomic mass is 35.5. The standard InChI is InChI=1S/C27H30ClNO3S/c1-26(2,19-7-9-20(28)10-8-19)18-29(21-11-13-27(14-12-21)31-15-16-32-27)25(30)23-17-33-24-6-4-3-5-22(23)24/h3-10,17,21H,11-16,18H2,1-2H3. The zero-order valence-corrected chi connectivity index (χ0v) is 20.8. The number of nitrogens with zero attached hydrogens (tertiary/aromatic N) is 1. The van der Waals surface area contributed by atoms with E-state index in [2.05, 4.69) is 43.0 Å². The van der Waals surface area contributed by atoms with Gasteiger partial charge in [-0.3, -0.25) is 4.79 Å². The lowest BCUT2D eigenvalue weighted by Gasteiger charge is -2.43. The molecule has 2 aliphatic rings. The highest BCUT2D eigenvalue weighted by Crippen LogP contribution is 2.39. The predicted molar refractivity (Wildman–Crippen MR) is 134 cm³/mol. The summed E-state index contributed by atoms with van der Waals surface area (Å²) < 4.78 is 13.0. The number of rotatable bonds is 5. The minimum absolute atomic E-state index is 0.115. The van der Waals surface area contributed by atoms with Gasteiger partial charge in [0.15, 0.2) is 5.79 Å². The lowest BCUT2D eigenvalue weighted by atomic mass is 9.82. The minimum Gasteiger partial charge on any atom is -0.348 e. The molecule has 2 fully saturated rings. The molecule has 1 aliphatic carbocycles. The zero-order valence-electron chi connectivity index (χ0n) is 19.2. The van der Waals surface area contributed by atoms with Gasteiger partial charge in [-0.1, -0.05) is 55.8 Å². The maximum absolute atomic E-state index is 14.0. The van der Waals surface area contributed by atoms with E-state index < -0.39 is 5.79 Å². The summed E-state index contributed by atoms with van der Waals surface area (Å²) in [7, 11) is 0. The molecular formula is C27H30ClNO3S. The Morgan fingerprint density at radius 2 is 1.76 bits per heavy atom. The summed E-state index contributed by atoms with van der Waals surface area (Å²) in [6.45, 7) is 6.37. The summed E-state index contributed by atoms with van der Waals surface area (Å²) in [5, 5.41) is 3.78. The van der Waals surface area contributed by atoms with E-state index in [0.717, 1.165) is 46.4 Å². The minimum atomic E-state index is -0.438. The van der Waals surface area contributed by atoms with Crippen molar-refractivity contribution in [1.29, 1.82) is 0 Å². The van der Waals surface area contributed by atoms with Crippen LogP contribution in [0.3, 0.4) is 0 Å². The fourth-order valence-corrected chi connectivity index (χ4v) is 6.28. The molecule has 33 heavy (non-hydrogen) atoms. The van der Waals surface area contributed by atoms with Gasteiger partial charge in [-0.05, 0) is 36.6 Å². The molecular weight excluding hydrogens is 454 g/mol. The maximum atomic E-state index is 14.0. The van der Waals surface area contributed by atoms with Gasteiger partial charge < -0.3 is 14.4 Å². The molecule has 1 spiro atoms. The average Bonchev–Trinajstić information content (AvgIpc) is 3.45. The Hall–Kier alpha value is -1.92. The van der Waals surface area contributed by atoms with E-state index in [1.54, 1.807) is 11.3 Å². The summed E-state index contributed by atoms with van der Waals surface area (Å²) in [6, 6.07) is 16.3. The quantitative estimate of drug-likeness (QED) is 0.407. The van der Waals surface area contributed by atoms with E-state index in [4.69, 9.17) is 21.1 Å². The van der Waals surface area contributed by atoms with Crippen LogP contribution < -0.4 is 0 Å². The molecule has 2 aromatic carbocycles. The second-order valence-corrected chi connectivity index (χ2v) is 11.2. The molecule has 174 valence electrons. The molecule has 1 saturated carbocycles. The van der Waals surface area contributed by atoms with E-state index in [9.17, 15) is 4.79 Å². The van der Waals surface area contributed by atoms with E-state index in [-0.39, 0.29) is 17.4 Å². The highest BCUT2D eigenvalue weighted by molar-refractivity contribution is 7.17. The van der Waals surface area contributed by atoms with Crippen molar-refractivity contribution < 1.29 is 14.3 Å². The number of fused-ring (bicyclic) bond motifs is 1. The third-order valence-corrected chi connectivity index (χ3v) is 8.35. The van der Waals surface area contributed by atoms with Crippen LogP contribution in [-0.2, 0) is 14.9 Å². The van der Waals surface area contributed by atoms with Crippen molar-refractivity contribution in [2.45, 2.75) is 56.8 Å². The van der Waals surface area contributed by atoms with Crippen molar-refractivity contribution in [2.75, 3.05) is 19.8 Å². The SMILES string of the molecule is CC(C)(CN(C(=O)c1csc2ccccc12)C1CCC2(CC1)OCCO2)c1ccc(Cl)cc1. The van der Waals surface area contributed by atoms with Crippen LogP contribution in [0.2, 0.25) is 5.02 Å². The van der Waals surface area contributed by atoms with Gasteiger partial charge in [-0.15, -0.1) is 11.3 Å². The Bertz CT molecular complexity index is 1120. The smallest absolute Gasteiger partial charge is 0.255 e. The second kappa shape index (κ2) is 9.03. The van der Waals surface area contributed by atoms with E-state index in [1.165, 1.54) is 5.56 Å². The van der Waals surface area contributed by atoms with Crippen molar-refractivity contribution in [3.8, 4) is 0 Å². The lowest BCUT2D eigenvalue weighted by molar-refractivity contribution is -0.183. The third kappa shape index (κ3) is 4.57. The first-order chi connectivity index (χ1) is 15.9. The van der Waals surface area contributed by atoms with E-state index in [0.29, 0.717) is 19.8 Å². The fourth-order valence-electron chi connectivity index (χ4n) is 5.22. The number of hydrogen-bond donors (Lipinski definition) is 0. The number of halogens is 1. The number of hydrogen-bond acceptors (Lipinski definition) is 4. The van der Waals surface area contributed by atoms with Crippen LogP contribution in [0.1, 0.15) is 55.5 Å². The molecule has 0 bridgehead atoms. The maximum Gasteiger partial charge on any atom is 0.255 e. The summed E-state index contributed by atoms with van der Waals surface area (Å²) in [5.41, 5.74) is 1.76. The van der Waals surface area contributed by atoms with Gasteiger partial charge in [0.25, 0.3) is 5.91 Å². The number of carbonyl (C=O) groups is 1. The molecule has 0 radical (unpaired) electrons. The Labute approximate surface area is 204 Å². The van der Waals surface area contributed by atoms with Gasteiger partial charge in [0.1, 0.15) is 0 Å². The molecule has 3 aromatic rings. The molecule has 0 N–H and O–H groups in total. The third-order valence-electron chi connectivity index (χ3n) is 7.13. The van der Waals surface area contributed by atoms with Gasteiger partial charge in [0, 0.05) is 51.3 Å². The van der Waals surface area contributed by atoms with Gasteiger partial charge in [-0.2, -0.15) is 0 Å². The summed E-state index contributed by atoms with van der Waals surface area (Å²) in [6.07, 6.45) is 3.41. The number of benzene rings is 2. The average molecular weight is 484 g/mol. The number of amides is 1. The van der Waals surface area contributed by atoms with Gasteiger partial charge in [0.05, 0.1) is 18.8 Å². The molecule has 4 nitrogen and oxygen atoms in total. The van der Waals surface area contributed by atoms with Gasteiger partial charge in [0.2, 0.25) is 0 Å². The van der Waals surface area contributed by atoms with Crippen molar-refractivity contribution in [3.63, 3.8) is 0 Å². The number of ether oxygens (including phenoxy) is 2. The fraction of sp³-hybridized carbons (Fsp3) is 0.444. The van der Waals surface area contributed by atoms with Crippen molar-refractivity contribution in [2.24, 2.45) is 0 Å². The van der Waals surface area contributed by atoms with Crippen LogP contribution in [-0.4, -0.2) is 42.4 Å². The van der Waals surface area contributed by atoms with E-state index in [1.807, 2.05) is 29.6 Å². The predicted octanol–water partition coefficient (Wildman–Crippen LogP) is 6.66. The first-order valence-electron chi connectivity index (χ1n) is 11.7. The Morgan fingerprint density at radius 3 is 2.45 bits per heavy atom. The first-order valence-corrected chi connectivity index (χ1v) is 12.9. The van der Waals surface area contributed by atoms with E-state index >= 15 is 0 Å². The Balaban J connectivity index is 1.45. The molecule has 1 saturated heterocycles. The lowest BCUT2D eigenvalue weighted by Crippen LogP contribution is -2.50. The van der Waals surface area contributed by atoms with Crippen LogP contribution in [0.15, 0.2) is 53.9 Å². The highest BCUT2D eigenvalue weighted by Gasteiger charge is 2.43. The van der Waals surface area contributed by atoms with Gasteiger partial charge >= 0.3 is 0 Å². The van der Waals surface area contributed by atoms with Crippen LogP contribution >= 0.6 is 22.9 Å². The summed E-state index contributed by atoms with van der Waals surface area (Å²) in [4.78, 5) is 16.2. The molecule has 0 unspecified atom stereocenters. The van der Waals surface area contributed by atoms with Gasteiger partial charge in [-0.25, -0.2) is 0 Å². The Kier molecular flexibility index (Phi) is 6.25. The van der Waals surface area contributed by atoms with Crippen LogP contribution in [0.4, 0.5) is 0 Å². The molecule has 5 rings (SSSR count). The molecule has 1 aromatic heterocycles. The second-order valence-electron chi connectivity index (χ2n) is 9.81. The first kappa shape index (κ1) is 22.9. The van der Waals surface area contributed by atoms with Crippen molar-refractivity contribution >= 4 is 38.9 Å². The zero-order chi connectivity index (χ0) is 23.1. The summed E-state index contributed by atoms with van der Waals surface area (Å²) in [5.74, 6) is -0.324. The summed E-state index contributed by atoms with van der Waals surface area (Å²) >= 11 is 7.77. The molecule has 0 atom stereocenters. The van der Waals surface area contributed by atoms with Crippen LogP contribution in [0.25, 0.3) is 10.1 Å². The monoisotopic (exact) mass is 483 g/mol. The molecule has 6 heteroatoms. The van der Waals surface area contributed by atoms with Crippen LogP contribution in [0, 0.1) is 0 Å². The number of carbonyl (C=O) groups excluding carboxylic acids is 1. The molecule has 2 heterocycles. The normalized spacial score (nSPS) is 18.8. The van der Waals surface area contributed by atoms with Crippen molar-refractivity contribution in [3.05, 3.63) is 70.1 Å². The topological polar surface area (TPSA) is 38.8 Å². The number of thiophene rings is 1. The largest absolute Gasteiger partial charge is 0.348 e. The Morgan fingerprint density at radius 1 is 1.09 bits per heavy atom. The van der Waals surface area contributed by atoms with Crippen molar-refractivity contribution in [1.82, 2.24) is 4.90 Å².